The molecule has 1 aliphatic rings. The Bertz CT molecular complexity index is 500. The number of amides is 1. The maximum Gasteiger partial charge on any atom is 0.310 e. The van der Waals surface area contributed by atoms with Crippen LogP contribution in [-0.2, 0) is 14.3 Å². The van der Waals surface area contributed by atoms with Gasteiger partial charge in [-0.2, -0.15) is 0 Å². The van der Waals surface area contributed by atoms with Crippen molar-refractivity contribution in [2.75, 3.05) is 31.6 Å². The molecule has 0 bridgehead atoms. The van der Waals surface area contributed by atoms with Crippen LogP contribution >= 0.6 is 0 Å². The monoisotopic (exact) mass is 295 g/mol. The van der Waals surface area contributed by atoms with Gasteiger partial charge in [0.2, 0.25) is 5.91 Å². The molecule has 0 aromatic carbocycles. The van der Waals surface area contributed by atoms with Gasteiger partial charge in [0.25, 0.3) is 0 Å². The van der Waals surface area contributed by atoms with Crippen molar-refractivity contribution in [1.29, 1.82) is 0 Å². The number of carbonyl (C=O) groups excluding carboxylic acids is 2. The van der Waals surface area contributed by atoms with Crippen molar-refractivity contribution in [3.05, 3.63) is 11.8 Å². The van der Waals surface area contributed by atoms with Crippen LogP contribution in [0.2, 0.25) is 0 Å². The SMILES string of the molecule is CCOC(=O)[C@@H]1CCCN(CC(=O)Nc2cc(C)on2)C1. The number of hydrogen-bond acceptors (Lipinski definition) is 6. The van der Waals surface area contributed by atoms with Crippen LogP contribution in [0.4, 0.5) is 5.82 Å². The van der Waals surface area contributed by atoms with E-state index in [1.165, 1.54) is 0 Å². The molecule has 0 aliphatic carbocycles. The van der Waals surface area contributed by atoms with Gasteiger partial charge < -0.3 is 14.6 Å². The highest BCUT2D eigenvalue weighted by molar-refractivity contribution is 5.91. The molecule has 1 amide bonds. The normalized spacial score (nSPS) is 19.2. The molecule has 1 aliphatic heterocycles. The second-order valence-corrected chi connectivity index (χ2v) is 5.20. The van der Waals surface area contributed by atoms with E-state index in [9.17, 15) is 9.59 Å². The van der Waals surface area contributed by atoms with Crippen molar-refractivity contribution in [2.24, 2.45) is 5.92 Å². The van der Waals surface area contributed by atoms with Crippen molar-refractivity contribution < 1.29 is 18.8 Å². The third-order valence-electron chi connectivity index (χ3n) is 3.39. The van der Waals surface area contributed by atoms with Gasteiger partial charge in [0.05, 0.1) is 19.1 Å². The lowest BCUT2D eigenvalue weighted by atomic mass is 9.98. The number of ether oxygens (including phenoxy) is 1. The van der Waals surface area contributed by atoms with Crippen LogP contribution in [0.15, 0.2) is 10.6 Å². The quantitative estimate of drug-likeness (QED) is 0.822. The van der Waals surface area contributed by atoms with Gasteiger partial charge in [-0.05, 0) is 33.2 Å². The number of anilines is 1. The van der Waals surface area contributed by atoms with Gasteiger partial charge in [-0.1, -0.05) is 5.16 Å². The van der Waals surface area contributed by atoms with Crippen molar-refractivity contribution in [1.82, 2.24) is 10.1 Å². The topological polar surface area (TPSA) is 84.7 Å². The number of carbonyl (C=O) groups is 2. The van der Waals surface area contributed by atoms with Gasteiger partial charge in [0, 0.05) is 12.6 Å². The van der Waals surface area contributed by atoms with Gasteiger partial charge in [-0.3, -0.25) is 14.5 Å². The Labute approximate surface area is 123 Å². The molecule has 0 spiro atoms. The number of likely N-dealkylation sites (tertiary alicyclic amines) is 1. The number of nitrogens with zero attached hydrogens (tertiary/aromatic N) is 2. The zero-order valence-corrected chi connectivity index (χ0v) is 12.4. The maximum atomic E-state index is 11.9. The van der Waals surface area contributed by atoms with Crippen LogP contribution in [0.1, 0.15) is 25.5 Å². The Kier molecular flexibility index (Phi) is 5.32. The first kappa shape index (κ1) is 15.5. The van der Waals surface area contributed by atoms with E-state index in [1.807, 2.05) is 4.90 Å². The summed E-state index contributed by atoms with van der Waals surface area (Å²) in [6.45, 7) is 5.55. The summed E-state index contributed by atoms with van der Waals surface area (Å²) in [6.07, 6.45) is 1.71. The molecule has 2 rings (SSSR count). The summed E-state index contributed by atoms with van der Waals surface area (Å²) in [6, 6.07) is 1.66. The molecule has 7 nitrogen and oxygen atoms in total. The standard InChI is InChI=1S/C14H21N3O4/c1-3-20-14(19)11-5-4-6-17(8-11)9-13(18)15-12-7-10(2)21-16-12/h7,11H,3-6,8-9H2,1-2H3,(H,15,16,18)/t11-/m1/s1. The van der Waals surface area contributed by atoms with E-state index in [4.69, 9.17) is 9.26 Å². The fraction of sp³-hybridized carbons (Fsp3) is 0.643. The summed E-state index contributed by atoms with van der Waals surface area (Å²) in [5.41, 5.74) is 0. The zero-order valence-electron chi connectivity index (χ0n) is 12.4. The van der Waals surface area contributed by atoms with Gasteiger partial charge >= 0.3 is 5.97 Å². The summed E-state index contributed by atoms with van der Waals surface area (Å²) < 4.78 is 9.94. The number of rotatable bonds is 5. The van der Waals surface area contributed by atoms with Gasteiger partial charge in [-0.25, -0.2) is 0 Å². The Morgan fingerprint density at radius 3 is 3.05 bits per heavy atom. The van der Waals surface area contributed by atoms with E-state index in [0.29, 0.717) is 24.7 Å². The first-order valence-electron chi connectivity index (χ1n) is 7.20. The molecule has 1 aromatic heterocycles. The van der Waals surface area contributed by atoms with Gasteiger partial charge in [0.15, 0.2) is 5.82 Å². The average Bonchev–Trinajstić information content (AvgIpc) is 2.84. The first-order chi connectivity index (χ1) is 10.1. The molecular weight excluding hydrogens is 274 g/mol. The predicted molar refractivity (Wildman–Crippen MR) is 75.7 cm³/mol. The number of nitrogens with one attached hydrogen (secondary N) is 1. The Hall–Kier alpha value is -1.89. The van der Waals surface area contributed by atoms with Crippen LogP contribution in [0, 0.1) is 12.8 Å². The minimum atomic E-state index is -0.172. The second-order valence-electron chi connectivity index (χ2n) is 5.20. The maximum absolute atomic E-state index is 11.9. The van der Waals surface area contributed by atoms with E-state index in [-0.39, 0.29) is 24.3 Å². The van der Waals surface area contributed by atoms with E-state index < -0.39 is 0 Å². The van der Waals surface area contributed by atoms with Crippen LogP contribution in [0.3, 0.4) is 0 Å². The smallest absolute Gasteiger partial charge is 0.310 e. The third kappa shape index (κ3) is 4.56. The number of esters is 1. The summed E-state index contributed by atoms with van der Waals surface area (Å²) in [5, 5.41) is 6.39. The van der Waals surface area contributed by atoms with E-state index in [1.54, 1.807) is 19.9 Å². The number of aromatic nitrogens is 1. The minimum absolute atomic E-state index is 0.138. The lowest BCUT2D eigenvalue weighted by Crippen LogP contribution is -2.43. The van der Waals surface area contributed by atoms with E-state index in [2.05, 4.69) is 10.5 Å². The molecular formula is C14H21N3O4. The van der Waals surface area contributed by atoms with Crippen LogP contribution in [-0.4, -0.2) is 48.2 Å². The van der Waals surface area contributed by atoms with Crippen LogP contribution < -0.4 is 5.32 Å². The molecule has 1 atom stereocenters. The average molecular weight is 295 g/mol. The molecule has 1 aromatic rings. The fourth-order valence-corrected chi connectivity index (χ4v) is 2.46. The van der Waals surface area contributed by atoms with E-state index >= 15 is 0 Å². The summed E-state index contributed by atoms with van der Waals surface area (Å²) in [4.78, 5) is 25.7. The summed E-state index contributed by atoms with van der Waals surface area (Å²) >= 11 is 0. The molecule has 0 saturated carbocycles. The largest absolute Gasteiger partial charge is 0.466 e. The minimum Gasteiger partial charge on any atom is -0.466 e. The molecule has 2 heterocycles. The highest BCUT2D eigenvalue weighted by Gasteiger charge is 2.27. The molecule has 1 fully saturated rings. The number of piperidine rings is 1. The van der Waals surface area contributed by atoms with Crippen molar-refractivity contribution >= 4 is 17.7 Å². The lowest BCUT2D eigenvalue weighted by molar-refractivity contribution is -0.150. The van der Waals surface area contributed by atoms with E-state index in [0.717, 1.165) is 19.4 Å². The molecule has 0 unspecified atom stereocenters. The van der Waals surface area contributed by atoms with Crippen LogP contribution in [0.25, 0.3) is 0 Å². The molecule has 7 heteroatoms. The fourth-order valence-electron chi connectivity index (χ4n) is 2.46. The lowest BCUT2D eigenvalue weighted by Gasteiger charge is -2.30. The number of hydrogen-bond donors (Lipinski definition) is 1. The zero-order chi connectivity index (χ0) is 15.2. The predicted octanol–water partition coefficient (Wildman–Crippen LogP) is 1.20. The van der Waals surface area contributed by atoms with Crippen molar-refractivity contribution in [2.45, 2.75) is 26.7 Å². The third-order valence-corrected chi connectivity index (χ3v) is 3.39. The Morgan fingerprint density at radius 1 is 1.57 bits per heavy atom. The van der Waals surface area contributed by atoms with Crippen molar-refractivity contribution in [3.63, 3.8) is 0 Å². The molecule has 1 N–H and O–H groups in total. The molecule has 0 radical (unpaired) electrons. The van der Waals surface area contributed by atoms with Crippen LogP contribution in [0.5, 0.6) is 0 Å². The Balaban J connectivity index is 1.81. The molecule has 21 heavy (non-hydrogen) atoms. The summed E-state index contributed by atoms with van der Waals surface area (Å²) in [5.74, 6) is 0.588. The summed E-state index contributed by atoms with van der Waals surface area (Å²) in [7, 11) is 0. The van der Waals surface area contributed by atoms with Gasteiger partial charge in [0.1, 0.15) is 5.76 Å². The van der Waals surface area contributed by atoms with Crippen molar-refractivity contribution in [3.8, 4) is 0 Å². The highest BCUT2D eigenvalue weighted by Crippen LogP contribution is 2.18. The highest BCUT2D eigenvalue weighted by atomic mass is 16.5. The Morgan fingerprint density at radius 2 is 2.38 bits per heavy atom. The van der Waals surface area contributed by atoms with Gasteiger partial charge in [-0.15, -0.1) is 0 Å². The second kappa shape index (κ2) is 7.21. The first-order valence-corrected chi connectivity index (χ1v) is 7.20. The number of aryl methyl sites for hydroxylation is 1. The molecule has 116 valence electrons. The molecule has 1 saturated heterocycles.